The normalized spacial score (nSPS) is 11.4. The van der Waals surface area contributed by atoms with Crippen LogP contribution in [0, 0.1) is 0 Å². The van der Waals surface area contributed by atoms with Gasteiger partial charge in [0.1, 0.15) is 0 Å². The Labute approximate surface area is 115 Å². The van der Waals surface area contributed by atoms with Crippen molar-refractivity contribution in [3.05, 3.63) is 30.1 Å². The van der Waals surface area contributed by atoms with Crippen molar-refractivity contribution < 1.29 is 4.74 Å². The lowest BCUT2D eigenvalue weighted by atomic mass is 10.3. The molecule has 2 N–H and O–H groups in total. The summed E-state index contributed by atoms with van der Waals surface area (Å²) in [6.45, 7) is 7.90. The quantitative estimate of drug-likeness (QED) is 0.425. The van der Waals surface area contributed by atoms with Gasteiger partial charge in [-0.05, 0) is 32.4 Å². The number of guanidine groups is 1. The molecule has 1 aromatic rings. The minimum Gasteiger partial charge on any atom is -0.382 e. The van der Waals surface area contributed by atoms with Gasteiger partial charge in [0.2, 0.25) is 0 Å². The Morgan fingerprint density at radius 3 is 2.89 bits per heavy atom. The summed E-state index contributed by atoms with van der Waals surface area (Å²) in [5.41, 5.74) is 0.967. The van der Waals surface area contributed by atoms with E-state index in [0.717, 1.165) is 44.4 Å². The third-order valence-corrected chi connectivity index (χ3v) is 2.43. The number of pyridine rings is 1. The molecule has 1 rings (SSSR count). The van der Waals surface area contributed by atoms with Crippen LogP contribution in [0.1, 0.15) is 26.0 Å². The van der Waals surface area contributed by atoms with Crippen molar-refractivity contribution in [1.82, 2.24) is 15.6 Å². The van der Waals surface area contributed by atoms with Gasteiger partial charge in [-0.3, -0.25) is 4.98 Å². The minimum absolute atomic E-state index is 0.585. The summed E-state index contributed by atoms with van der Waals surface area (Å²) in [7, 11) is 0. The number of ether oxygens (including phenoxy) is 1. The monoisotopic (exact) mass is 264 g/mol. The predicted molar refractivity (Wildman–Crippen MR) is 78.2 cm³/mol. The SMILES string of the molecule is CCNC(=NCc1ccccn1)NCCCOCC. The van der Waals surface area contributed by atoms with Crippen LogP contribution in [0.4, 0.5) is 0 Å². The molecule has 0 radical (unpaired) electrons. The molecule has 19 heavy (non-hydrogen) atoms. The van der Waals surface area contributed by atoms with Crippen LogP contribution in [0.3, 0.4) is 0 Å². The average Bonchev–Trinajstić information content (AvgIpc) is 2.45. The zero-order valence-electron chi connectivity index (χ0n) is 11.9. The molecule has 0 aliphatic rings. The molecule has 0 fully saturated rings. The molecule has 1 heterocycles. The van der Waals surface area contributed by atoms with Gasteiger partial charge in [-0.2, -0.15) is 0 Å². The van der Waals surface area contributed by atoms with Gasteiger partial charge in [0.15, 0.2) is 5.96 Å². The molecule has 0 aliphatic heterocycles. The largest absolute Gasteiger partial charge is 0.382 e. The molecular weight excluding hydrogens is 240 g/mol. The third-order valence-electron chi connectivity index (χ3n) is 2.43. The molecule has 0 bridgehead atoms. The molecule has 0 saturated heterocycles. The number of nitrogens with zero attached hydrogens (tertiary/aromatic N) is 2. The standard InChI is InChI=1S/C14H24N4O/c1-3-15-14(17-10-7-11-19-4-2)18-12-13-8-5-6-9-16-13/h5-6,8-9H,3-4,7,10-12H2,1-2H3,(H2,15,17,18). The molecule has 0 aliphatic carbocycles. The lowest BCUT2D eigenvalue weighted by Gasteiger charge is -2.11. The maximum absolute atomic E-state index is 5.29. The zero-order chi connectivity index (χ0) is 13.8. The van der Waals surface area contributed by atoms with E-state index in [9.17, 15) is 0 Å². The van der Waals surface area contributed by atoms with Gasteiger partial charge in [-0.1, -0.05) is 6.07 Å². The first kappa shape index (κ1) is 15.4. The molecule has 5 heteroatoms. The van der Waals surface area contributed by atoms with Gasteiger partial charge >= 0.3 is 0 Å². The van der Waals surface area contributed by atoms with Crippen molar-refractivity contribution in [2.75, 3.05) is 26.3 Å². The topological polar surface area (TPSA) is 58.5 Å². The van der Waals surface area contributed by atoms with Gasteiger partial charge in [0.25, 0.3) is 0 Å². The fourth-order valence-corrected chi connectivity index (χ4v) is 1.52. The van der Waals surface area contributed by atoms with Crippen LogP contribution in [0.5, 0.6) is 0 Å². The smallest absolute Gasteiger partial charge is 0.191 e. The summed E-state index contributed by atoms with van der Waals surface area (Å²) in [5.74, 6) is 0.824. The Hall–Kier alpha value is -1.62. The highest BCUT2D eigenvalue weighted by molar-refractivity contribution is 5.79. The van der Waals surface area contributed by atoms with Crippen molar-refractivity contribution in [2.24, 2.45) is 4.99 Å². The van der Waals surface area contributed by atoms with E-state index in [1.807, 2.05) is 25.1 Å². The molecule has 0 amide bonds. The van der Waals surface area contributed by atoms with Crippen LogP contribution in [0.25, 0.3) is 0 Å². The third kappa shape index (κ3) is 7.41. The summed E-state index contributed by atoms with van der Waals surface area (Å²) < 4.78 is 5.29. The summed E-state index contributed by atoms with van der Waals surface area (Å²) >= 11 is 0. The minimum atomic E-state index is 0.585. The molecule has 0 saturated carbocycles. The van der Waals surface area contributed by atoms with Crippen LogP contribution in [0.2, 0.25) is 0 Å². The Kier molecular flexibility index (Phi) is 8.38. The van der Waals surface area contributed by atoms with Crippen molar-refractivity contribution in [3.8, 4) is 0 Å². The van der Waals surface area contributed by atoms with E-state index < -0.39 is 0 Å². The van der Waals surface area contributed by atoms with Crippen molar-refractivity contribution in [2.45, 2.75) is 26.8 Å². The van der Waals surface area contributed by atoms with Crippen LogP contribution >= 0.6 is 0 Å². The average molecular weight is 264 g/mol. The molecule has 106 valence electrons. The van der Waals surface area contributed by atoms with E-state index in [2.05, 4.69) is 27.5 Å². The first-order chi connectivity index (χ1) is 9.36. The summed E-state index contributed by atoms with van der Waals surface area (Å²) in [6.07, 6.45) is 2.76. The van der Waals surface area contributed by atoms with Crippen LogP contribution in [0.15, 0.2) is 29.4 Å². The number of aliphatic imine (C=N–C) groups is 1. The Morgan fingerprint density at radius 2 is 2.21 bits per heavy atom. The predicted octanol–water partition coefficient (Wildman–Crippen LogP) is 1.56. The second kappa shape index (κ2) is 10.3. The fraction of sp³-hybridized carbons (Fsp3) is 0.571. The lowest BCUT2D eigenvalue weighted by molar-refractivity contribution is 0.145. The molecule has 0 spiro atoms. The molecular formula is C14H24N4O. The van der Waals surface area contributed by atoms with E-state index in [1.54, 1.807) is 6.20 Å². The fourth-order valence-electron chi connectivity index (χ4n) is 1.52. The first-order valence-corrected chi connectivity index (χ1v) is 6.86. The maximum atomic E-state index is 5.29. The van der Waals surface area contributed by atoms with Gasteiger partial charge in [0, 0.05) is 32.5 Å². The van der Waals surface area contributed by atoms with Crippen molar-refractivity contribution >= 4 is 5.96 Å². The number of aromatic nitrogens is 1. The van der Waals surface area contributed by atoms with Crippen molar-refractivity contribution in [3.63, 3.8) is 0 Å². The number of nitrogens with one attached hydrogen (secondary N) is 2. The van der Waals surface area contributed by atoms with Crippen LogP contribution in [-0.2, 0) is 11.3 Å². The second-order valence-corrected chi connectivity index (χ2v) is 3.99. The van der Waals surface area contributed by atoms with Gasteiger partial charge in [-0.15, -0.1) is 0 Å². The van der Waals surface area contributed by atoms with Crippen LogP contribution < -0.4 is 10.6 Å². The highest BCUT2D eigenvalue weighted by Crippen LogP contribution is 1.95. The summed E-state index contributed by atoms with van der Waals surface area (Å²) in [6, 6.07) is 5.85. The summed E-state index contributed by atoms with van der Waals surface area (Å²) in [4.78, 5) is 8.74. The maximum Gasteiger partial charge on any atom is 0.191 e. The Balaban J connectivity index is 2.34. The Morgan fingerprint density at radius 1 is 1.32 bits per heavy atom. The van der Waals surface area contributed by atoms with E-state index in [0.29, 0.717) is 6.54 Å². The van der Waals surface area contributed by atoms with E-state index >= 15 is 0 Å². The molecule has 0 atom stereocenters. The van der Waals surface area contributed by atoms with Gasteiger partial charge in [0.05, 0.1) is 12.2 Å². The lowest BCUT2D eigenvalue weighted by Crippen LogP contribution is -2.38. The molecule has 0 aromatic carbocycles. The van der Waals surface area contributed by atoms with Crippen molar-refractivity contribution in [1.29, 1.82) is 0 Å². The summed E-state index contributed by atoms with van der Waals surface area (Å²) in [5, 5.41) is 6.49. The van der Waals surface area contributed by atoms with Gasteiger partial charge in [-0.25, -0.2) is 4.99 Å². The van der Waals surface area contributed by atoms with E-state index in [1.165, 1.54) is 0 Å². The van der Waals surface area contributed by atoms with Gasteiger partial charge < -0.3 is 15.4 Å². The number of hydrogen-bond acceptors (Lipinski definition) is 3. The van der Waals surface area contributed by atoms with E-state index in [-0.39, 0.29) is 0 Å². The number of hydrogen-bond donors (Lipinski definition) is 2. The highest BCUT2D eigenvalue weighted by Gasteiger charge is 1.97. The molecule has 0 unspecified atom stereocenters. The Bertz CT molecular complexity index is 354. The first-order valence-electron chi connectivity index (χ1n) is 6.86. The van der Waals surface area contributed by atoms with E-state index in [4.69, 9.17) is 4.74 Å². The van der Waals surface area contributed by atoms with Crippen LogP contribution in [-0.4, -0.2) is 37.2 Å². The molecule has 5 nitrogen and oxygen atoms in total. The zero-order valence-corrected chi connectivity index (χ0v) is 11.9. The molecule has 1 aromatic heterocycles. The highest BCUT2D eigenvalue weighted by atomic mass is 16.5. The second-order valence-electron chi connectivity index (χ2n) is 3.99. The number of rotatable bonds is 8.